The zero-order valence-electron chi connectivity index (χ0n) is 34.5. The second-order valence-electron chi connectivity index (χ2n) is 14.7. The molecule has 19 heteroatoms. The summed E-state index contributed by atoms with van der Waals surface area (Å²) in [6.45, 7) is 7.45. The highest BCUT2D eigenvalue weighted by Gasteiger charge is 2.31. The number of carbonyl (C=O) groups is 8. The largest absolute Gasteiger partial charge is 0.379 e. The van der Waals surface area contributed by atoms with E-state index in [2.05, 4.69) is 26.2 Å². The van der Waals surface area contributed by atoms with Gasteiger partial charge in [0.05, 0.1) is 32.5 Å². The fraction of sp³-hybridized carbons (Fsp3) is 0.600. The molecule has 326 valence electrons. The number of nitrogens with two attached hydrogens (primary N) is 1. The van der Waals surface area contributed by atoms with Crippen molar-refractivity contribution in [3.8, 4) is 0 Å². The first-order valence-electron chi connectivity index (χ1n) is 19.9. The Balaban J connectivity index is 1.43. The van der Waals surface area contributed by atoms with Gasteiger partial charge in [-0.2, -0.15) is 0 Å². The highest BCUT2D eigenvalue weighted by atomic mass is 16.5. The van der Waals surface area contributed by atoms with E-state index in [1.807, 2.05) is 7.05 Å². The standard InChI is InChI=1S/C40H60N8O11/c1-27(2)36(45-33(51)14-22-58-24-25-59-23-16-42-32(50)13-17-48-34(52)11-12-35(48)53)31(49)26-29(6-5-15-43-40(41)56)38(54)44-30-9-7-28(8-10-30)37(57-4)39(55)47-20-18-46(3)19-21-47/h7-12,27,29,36-37H,5-6,13-26H2,1-4H3,(H,42,50)(H,44,54)(H,45,51)(H3,41,43,56)/t29-,36+,37?/m1/s1. The van der Waals surface area contributed by atoms with Crippen LogP contribution in [-0.4, -0.2) is 154 Å². The Morgan fingerprint density at radius 3 is 2.07 bits per heavy atom. The molecule has 1 aromatic carbocycles. The molecule has 1 aromatic rings. The maximum Gasteiger partial charge on any atom is 0.312 e. The van der Waals surface area contributed by atoms with Crippen LogP contribution in [0.5, 0.6) is 0 Å². The Kier molecular flexibility index (Phi) is 20.6. The van der Waals surface area contributed by atoms with Crippen LogP contribution in [0.4, 0.5) is 10.5 Å². The van der Waals surface area contributed by atoms with Crippen LogP contribution in [-0.2, 0) is 47.8 Å². The Bertz CT molecular complexity index is 1610. The third-order valence-corrected chi connectivity index (χ3v) is 9.81. The molecule has 19 nitrogen and oxygen atoms in total. The summed E-state index contributed by atoms with van der Waals surface area (Å²) in [6.07, 6.45) is 1.94. The van der Waals surface area contributed by atoms with Crippen molar-refractivity contribution < 1.29 is 52.6 Å². The van der Waals surface area contributed by atoms with E-state index >= 15 is 0 Å². The first-order valence-corrected chi connectivity index (χ1v) is 19.9. The number of ether oxygens (including phenoxy) is 3. The van der Waals surface area contributed by atoms with E-state index in [1.165, 1.54) is 7.11 Å². The molecule has 0 radical (unpaired) electrons. The zero-order chi connectivity index (χ0) is 43.3. The molecular weight excluding hydrogens is 768 g/mol. The number of piperazine rings is 1. The molecule has 1 saturated heterocycles. The maximum absolute atomic E-state index is 13.6. The molecule has 59 heavy (non-hydrogen) atoms. The molecule has 3 rings (SSSR count). The maximum atomic E-state index is 13.6. The van der Waals surface area contributed by atoms with Crippen molar-refractivity contribution in [3.05, 3.63) is 42.0 Å². The number of methoxy groups -OCH3 is 1. The average molecular weight is 829 g/mol. The fourth-order valence-corrected chi connectivity index (χ4v) is 6.38. The molecule has 2 aliphatic rings. The van der Waals surface area contributed by atoms with Gasteiger partial charge >= 0.3 is 6.03 Å². The van der Waals surface area contributed by atoms with Gasteiger partial charge in [-0.25, -0.2) is 4.79 Å². The molecular formula is C40H60N8O11. The van der Waals surface area contributed by atoms with Crippen molar-refractivity contribution in [1.29, 1.82) is 0 Å². The lowest BCUT2D eigenvalue weighted by atomic mass is 9.89. The zero-order valence-corrected chi connectivity index (χ0v) is 34.5. The van der Waals surface area contributed by atoms with Gasteiger partial charge in [0.2, 0.25) is 17.7 Å². The molecule has 0 bridgehead atoms. The van der Waals surface area contributed by atoms with E-state index in [4.69, 9.17) is 19.9 Å². The normalized spacial score (nSPS) is 15.8. The van der Waals surface area contributed by atoms with Gasteiger partial charge in [0.15, 0.2) is 11.9 Å². The monoisotopic (exact) mass is 828 g/mol. The van der Waals surface area contributed by atoms with Gasteiger partial charge in [-0.1, -0.05) is 26.0 Å². The number of primary amides is 1. The molecule has 0 saturated carbocycles. The number of ketones is 1. The highest BCUT2D eigenvalue weighted by molar-refractivity contribution is 6.13. The van der Waals surface area contributed by atoms with E-state index < -0.39 is 47.7 Å². The third-order valence-electron chi connectivity index (χ3n) is 9.81. The SMILES string of the molecule is COC(C(=O)N1CCN(C)CC1)c1ccc(NC(=O)[C@H](CCCNC(N)=O)CC(=O)[C@@H](NC(=O)CCOCCOCCNC(=O)CCN2C(=O)C=CC2=O)C(C)C)cc1. The highest BCUT2D eigenvalue weighted by Crippen LogP contribution is 2.24. The summed E-state index contributed by atoms with van der Waals surface area (Å²) in [7, 11) is 3.49. The minimum Gasteiger partial charge on any atom is -0.379 e. The molecule has 0 aliphatic carbocycles. The molecule has 0 aromatic heterocycles. The Morgan fingerprint density at radius 2 is 1.46 bits per heavy atom. The summed E-state index contributed by atoms with van der Waals surface area (Å²) < 4.78 is 16.5. The van der Waals surface area contributed by atoms with Crippen molar-refractivity contribution in [2.24, 2.45) is 17.6 Å². The van der Waals surface area contributed by atoms with E-state index in [0.717, 1.165) is 30.1 Å². The van der Waals surface area contributed by atoms with E-state index in [9.17, 15) is 38.4 Å². The van der Waals surface area contributed by atoms with Gasteiger partial charge < -0.3 is 51.0 Å². The molecule has 1 fully saturated rings. The minimum atomic E-state index is -0.865. The van der Waals surface area contributed by atoms with Crippen LogP contribution in [0.3, 0.4) is 0 Å². The van der Waals surface area contributed by atoms with Crippen LogP contribution in [0.1, 0.15) is 57.6 Å². The van der Waals surface area contributed by atoms with Gasteiger partial charge in [-0.05, 0) is 43.5 Å². The summed E-state index contributed by atoms with van der Waals surface area (Å²) in [5, 5.41) is 10.8. The predicted molar refractivity (Wildman–Crippen MR) is 215 cm³/mol. The Labute approximate surface area is 345 Å². The number of nitrogens with one attached hydrogen (secondary N) is 4. The molecule has 8 amide bonds. The number of nitrogens with zero attached hydrogens (tertiary/aromatic N) is 3. The van der Waals surface area contributed by atoms with Gasteiger partial charge in [0, 0.05) is 95.9 Å². The minimum absolute atomic E-state index is 0.00354. The van der Waals surface area contributed by atoms with E-state index in [1.54, 1.807) is 43.0 Å². The second kappa shape index (κ2) is 25.3. The lowest BCUT2D eigenvalue weighted by Crippen LogP contribution is -2.48. The van der Waals surface area contributed by atoms with Crippen LogP contribution >= 0.6 is 0 Å². The summed E-state index contributed by atoms with van der Waals surface area (Å²) >= 11 is 0. The van der Waals surface area contributed by atoms with Gasteiger partial charge in [-0.3, -0.25) is 38.5 Å². The lowest BCUT2D eigenvalue weighted by Gasteiger charge is -2.34. The first-order chi connectivity index (χ1) is 28.2. The van der Waals surface area contributed by atoms with Crippen molar-refractivity contribution in [1.82, 2.24) is 30.7 Å². The van der Waals surface area contributed by atoms with Gasteiger partial charge in [0.1, 0.15) is 0 Å². The number of amides is 8. The molecule has 2 aliphatic heterocycles. The van der Waals surface area contributed by atoms with Crippen LogP contribution in [0, 0.1) is 11.8 Å². The van der Waals surface area contributed by atoms with Crippen LogP contribution in [0.15, 0.2) is 36.4 Å². The van der Waals surface area contributed by atoms with Crippen molar-refractivity contribution in [2.75, 3.05) is 91.7 Å². The number of urea groups is 1. The van der Waals surface area contributed by atoms with Crippen molar-refractivity contribution >= 4 is 52.9 Å². The molecule has 1 unspecified atom stereocenters. The molecule has 2 heterocycles. The fourth-order valence-electron chi connectivity index (χ4n) is 6.38. The van der Waals surface area contributed by atoms with Gasteiger partial charge in [-0.15, -0.1) is 0 Å². The van der Waals surface area contributed by atoms with Crippen LogP contribution in [0.25, 0.3) is 0 Å². The third kappa shape index (κ3) is 16.9. The van der Waals surface area contributed by atoms with Crippen molar-refractivity contribution in [3.63, 3.8) is 0 Å². The number of rotatable bonds is 26. The number of imide groups is 1. The van der Waals surface area contributed by atoms with Crippen LogP contribution in [0.2, 0.25) is 0 Å². The summed E-state index contributed by atoms with van der Waals surface area (Å²) in [4.78, 5) is 104. The first kappa shape index (κ1) is 48.1. The number of benzene rings is 1. The molecule has 6 N–H and O–H groups in total. The molecule has 0 spiro atoms. The summed E-state index contributed by atoms with van der Waals surface area (Å²) in [6, 6.07) is 5.20. The lowest BCUT2D eigenvalue weighted by molar-refractivity contribution is -0.144. The number of carbonyl (C=O) groups excluding carboxylic acids is 8. The van der Waals surface area contributed by atoms with Crippen molar-refractivity contribution in [2.45, 2.75) is 58.1 Å². The summed E-state index contributed by atoms with van der Waals surface area (Å²) in [5.41, 5.74) is 6.29. The topological polar surface area (TPSA) is 248 Å². The number of likely N-dealkylation sites (N-methyl/N-ethyl adjacent to an activating group) is 1. The smallest absolute Gasteiger partial charge is 0.312 e. The predicted octanol–water partition coefficient (Wildman–Crippen LogP) is 0.106. The quantitative estimate of drug-likeness (QED) is 0.0617. The van der Waals surface area contributed by atoms with Crippen LogP contribution < -0.4 is 27.0 Å². The second-order valence-corrected chi connectivity index (χ2v) is 14.7. The average Bonchev–Trinajstić information content (AvgIpc) is 3.52. The van der Waals surface area contributed by atoms with Gasteiger partial charge in [0.25, 0.3) is 17.7 Å². The summed E-state index contributed by atoms with van der Waals surface area (Å²) in [5.74, 6) is -3.56. The molecule has 3 atom stereocenters. The number of Topliss-reactive ketones (excluding diaryl/α,β-unsaturated/α-hetero) is 1. The number of hydrogen-bond donors (Lipinski definition) is 5. The van der Waals surface area contributed by atoms with E-state index in [-0.39, 0.29) is 95.3 Å². The Hall–Kier alpha value is -5.24. The number of hydrogen-bond acceptors (Lipinski definition) is 12. The number of anilines is 1. The van der Waals surface area contributed by atoms with E-state index in [0.29, 0.717) is 30.8 Å². The Morgan fingerprint density at radius 1 is 0.814 bits per heavy atom.